The molecule has 0 radical (unpaired) electrons. The molecular weight excluding hydrogens is 293 g/mol. The molecule has 0 aromatic rings. The number of amides is 1. The highest BCUT2D eigenvalue weighted by Gasteiger charge is 2.31. The van der Waals surface area contributed by atoms with Crippen LogP contribution in [0.4, 0.5) is 0 Å². The Morgan fingerprint density at radius 3 is 1.86 bits per heavy atom. The van der Waals surface area contributed by atoms with Crippen LogP contribution in [0.2, 0.25) is 0 Å². The second kappa shape index (κ2) is 7.20. The zero-order valence-corrected chi connectivity index (χ0v) is 10.9. The summed E-state index contributed by atoms with van der Waals surface area (Å²) in [5.41, 5.74) is 2.39. The van der Waals surface area contributed by atoms with Gasteiger partial charge in [0.2, 0.25) is 0 Å². The number of hydrazine groups is 1. The third-order valence-corrected chi connectivity index (χ3v) is 2.08. The summed E-state index contributed by atoms with van der Waals surface area (Å²) in [4.78, 5) is 11.2. The Balaban J connectivity index is 4.08. The number of hydrogen-bond acceptors (Lipinski definition) is 2. The van der Waals surface area contributed by atoms with Gasteiger partial charge < -0.3 is 0 Å². The Kier molecular flexibility index (Phi) is 7.66. The predicted octanol–water partition coefficient (Wildman–Crippen LogP) is 2.17. The number of alkyl halides is 5. The molecular formula is C6H9Cl5N2O. The van der Waals surface area contributed by atoms with Crippen molar-refractivity contribution in [3.05, 3.63) is 0 Å². The normalized spacial score (nSPS) is 11.9. The van der Waals surface area contributed by atoms with Gasteiger partial charge >= 0.3 is 0 Å². The molecule has 14 heavy (non-hydrogen) atoms. The maximum absolute atomic E-state index is 11.2. The lowest BCUT2D eigenvalue weighted by atomic mass is 10.6. The molecule has 0 aliphatic heterocycles. The van der Waals surface area contributed by atoms with Crippen LogP contribution in [0.25, 0.3) is 0 Å². The van der Waals surface area contributed by atoms with E-state index in [0.29, 0.717) is 24.8 Å². The van der Waals surface area contributed by atoms with E-state index in [9.17, 15) is 4.79 Å². The first-order valence-corrected chi connectivity index (χ1v) is 5.86. The number of carbonyl (C=O) groups excluding carboxylic acids is 1. The summed E-state index contributed by atoms with van der Waals surface area (Å²) in [5, 5.41) is 1.49. The lowest BCUT2D eigenvalue weighted by molar-refractivity contribution is -0.124. The SMILES string of the molecule is O=C(NN(CCCl)CCCl)C(Cl)(Cl)Cl. The van der Waals surface area contributed by atoms with Crippen molar-refractivity contribution < 1.29 is 4.79 Å². The van der Waals surface area contributed by atoms with E-state index in [1.54, 1.807) is 0 Å². The molecule has 0 rings (SSSR count). The van der Waals surface area contributed by atoms with Crippen LogP contribution >= 0.6 is 58.0 Å². The molecule has 3 nitrogen and oxygen atoms in total. The maximum Gasteiger partial charge on any atom is 0.286 e. The molecule has 1 N–H and O–H groups in total. The van der Waals surface area contributed by atoms with E-state index in [1.807, 2.05) is 0 Å². The third kappa shape index (κ3) is 6.38. The van der Waals surface area contributed by atoms with Crippen LogP contribution in [0.3, 0.4) is 0 Å². The molecule has 0 aliphatic rings. The minimum absolute atomic E-state index is 0.344. The standard InChI is InChI=1S/C6H9Cl5N2O/c7-1-3-13(4-2-8)12-5(14)6(9,10)11/h1-4H2,(H,12,14). The Hall–Kier alpha value is 0.880. The van der Waals surface area contributed by atoms with E-state index in [4.69, 9.17) is 58.0 Å². The van der Waals surface area contributed by atoms with E-state index < -0.39 is 9.70 Å². The van der Waals surface area contributed by atoms with Crippen LogP contribution < -0.4 is 5.43 Å². The van der Waals surface area contributed by atoms with Gasteiger partial charge in [-0.15, -0.1) is 23.2 Å². The summed E-state index contributed by atoms with van der Waals surface area (Å²) in [6.07, 6.45) is 0. The molecule has 0 saturated heterocycles. The smallest absolute Gasteiger partial charge is 0.285 e. The zero-order chi connectivity index (χ0) is 11.2. The molecule has 0 aromatic carbocycles. The van der Waals surface area contributed by atoms with Crippen LogP contribution in [0.15, 0.2) is 0 Å². The van der Waals surface area contributed by atoms with Crippen molar-refractivity contribution in [3.63, 3.8) is 0 Å². The van der Waals surface area contributed by atoms with Crippen LogP contribution in [-0.2, 0) is 4.79 Å². The van der Waals surface area contributed by atoms with E-state index in [1.165, 1.54) is 5.01 Å². The Morgan fingerprint density at radius 1 is 1.14 bits per heavy atom. The minimum Gasteiger partial charge on any atom is -0.285 e. The van der Waals surface area contributed by atoms with Gasteiger partial charge in [0.05, 0.1) is 0 Å². The number of nitrogens with one attached hydrogen (secondary N) is 1. The summed E-state index contributed by atoms with van der Waals surface area (Å²) in [5.74, 6) is -0.0358. The van der Waals surface area contributed by atoms with Gasteiger partial charge in [0.1, 0.15) is 0 Å². The minimum atomic E-state index is -1.98. The molecule has 0 spiro atoms. The third-order valence-electron chi connectivity index (χ3n) is 1.23. The van der Waals surface area contributed by atoms with Gasteiger partial charge in [-0.25, -0.2) is 5.01 Å². The highest BCUT2D eigenvalue weighted by atomic mass is 35.6. The van der Waals surface area contributed by atoms with Gasteiger partial charge in [0, 0.05) is 24.8 Å². The molecule has 0 atom stereocenters. The molecule has 0 unspecified atom stereocenters. The summed E-state index contributed by atoms with van der Waals surface area (Å²) < 4.78 is -1.98. The molecule has 1 amide bonds. The van der Waals surface area contributed by atoms with Crippen LogP contribution in [0.5, 0.6) is 0 Å². The monoisotopic (exact) mass is 300 g/mol. The summed E-state index contributed by atoms with van der Waals surface area (Å²) >= 11 is 27.1. The van der Waals surface area contributed by atoms with Crippen molar-refractivity contribution in [1.29, 1.82) is 0 Å². The van der Waals surface area contributed by atoms with Crippen LogP contribution in [0, 0.1) is 0 Å². The highest BCUT2D eigenvalue weighted by molar-refractivity contribution is 6.76. The van der Waals surface area contributed by atoms with Crippen molar-refractivity contribution >= 4 is 63.9 Å². The van der Waals surface area contributed by atoms with Crippen molar-refractivity contribution in [2.45, 2.75) is 3.79 Å². The van der Waals surface area contributed by atoms with Gasteiger partial charge in [-0.1, -0.05) is 34.8 Å². The Labute approximate surface area is 108 Å². The highest BCUT2D eigenvalue weighted by Crippen LogP contribution is 2.25. The first kappa shape index (κ1) is 14.9. The summed E-state index contributed by atoms with van der Waals surface area (Å²) in [6, 6.07) is 0. The molecule has 0 aromatic heterocycles. The van der Waals surface area contributed by atoms with Crippen LogP contribution in [0.1, 0.15) is 0 Å². The first-order chi connectivity index (χ1) is 6.41. The second-order valence-corrected chi connectivity index (χ2v) is 5.34. The first-order valence-electron chi connectivity index (χ1n) is 3.66. The van der Waals surface area contributed by atoms with E-state index in [2.05, 4.69) is 5.43 Å². The maximum atomic E-state index is 11.2. The number of nitrogens with zero attached hydrogens (tertiary/aromatic N) is 1. The van der Waals surface area contributed by atoms with Crippen molar-refractivity contribution in [3.8, 4) is 0 Å². The van der Waals surface area contributed by atoms with Gasteiger partial charge in [-0.2, -0.15) is 0 Å². The number of hydrogen-bond donors (Lipinski definition) is 1. The Bertz CT molecular complexity index is 178. The van der Waals surface area contributed by atoms with Gasteiger partial charge in [0.25, 0.3) is 9.70 Å². The van der Waals surface area contributed by atoms with E-state index in [0.717, 1.165) is 0 Å². The van der Waals surface area contributed by atoms with Crippen molar-refractivity contribution in [2.24, 2.45) is 0 Å². The topological polar surface area (TPSA) is 32.3 Å². The van der Waals surface area contributed by atoms with E-state index in [-0.39, 0.29) is 0 Å². The molecule has 8 heteroatoms. The van der Waals surface area contributed by atoms with E-state index >= 15 is 0 Å². The fourth-order valence-electron chi connectivity index (χ4n) is 0.635. The lowest BCUT2D eigenvalue weighted by Gasteiger charge is -2.23. The largest absolute Gasteiger partial charge is 0.286 e. The zero-order valence-electron chi connectivity index (χ0n) is 7.07. The molecule has 0 aliphatic carbocycles. The van der Waals surface area contributed by atoms with Gasteiger partial charge in [-0.05, 0) is 0 Å². The number of carbonyl (C=O) groups is 1. The van der Waals surface area contributed by atoms with Crippen molar-refractivity contribution in [2.75, 3.05) is 24.8 Å². The Morgan fingerprint density at radius 2 is 1.57 bits per heavy atom. The molecule has 0 bridgehead atoms. The van der Waals surface area contributed by atoms with Crippen molar-refractivity contribution in [1.82, 2.24) is 10.4 Å². The fraction of sp³-hybridized carbons (Fsp3) is 0.833. The van der Waals surface area contributed by atoms with Gasteiger partial charge in [0.15, 0.2) is 0 Å². The fourth-order valence-corrected chi connectivity index (χ4v) is 1.17. The number of halogens is 5. The molecule has 0 fully saturated rings. The number of rotatable bonds is 5. The average Bonchev–Trinajstić information content (AvgIpc) is 2.03. The molecule has 84 valence electrons. The summed E-state index contributed by atoms with van der Waals surface area (Å²) in [6.45, 7) is 0.863. The molecule has 0 saturated carbocycles. The lowest BCUT2D eigenvalue weighted by Crippen LogP contribution is -2.48. The quantitative estimate of drug-likeness (QED) is 0.623. The predicted molar refractivity (Wildman–Crippen MR) is 61.4 cm³/mol. The van der Waals surface area contributed by atoms with Crippen LogP contribution in [-0.4, -0.2) is 39.6 Å². The molecule has 0 heterocycles. The average molecular weight is 302 g/mol. The second-order valence-electron chi connectivity index (χ2n) is 2.30. The van der Waals surface area contributed by atoms with Gasteiger partial charge in [-0.3, -0.25) is 10.2 Å². The summed E-state index contributed by atoms with van der Waals surface area (Å²) in [7, 11) is 0.